The molecule has 9 heteroatoms. The number of likely N-dealkylation sites (tertiary alicyclic amines) is 1. The number of ether oxygens (including phenoxy) is 2. The van der Waals surface area contributed by atoms with Crippen LogP contribution in [0.5, 0.6) is 0 Å². The molecule has 2 fully saturated rings. The number of carbonyl (C=O) groups excluding carboxylic acids is 2. The highest BCUT2D eigenvalue weighted by Crippen LogP contribution is 2.40. The molecule has 2 aliphatic rings. The number of amides is 1. The number of hydrogen-bond acceptors (Lipinski definition) is 7. The minimum Gasteiger partial charge on any atom is -0.461 e. The summed E-state index contributed by atoms with van der Waals surface area (Å²) in [6.07, 6.45) is -0.249. The molecule has 2 aliphatic heterocycles. The maximum Gasteiger partial charge on any atom is 0.410 e. The van der Waals surface area contributed by atoms with Crippen LogP contribution in [0.25, 0.3) is 16.7 Å². The Bertz CT molecular complexity index is 1390. The zero-order valence-corrected chi connectivity index (χ0v) is 24.0. The number of fused-ring (bicyclic) bond motifs is 2. The first kappa shape index (κ1) is 27.0. The highest BCUT2D eigenvalue weighted by Gasteiger charge is 2.43. The number of aryl methyl sites for hydroxylation is 1. The first-order valence-corrected chi connectivity index (χ1v) is 13.9. The van der Waals surface area contributed by atoms with Crippen LogP contribution >= 0.6 is 0 Å². The molecule has 4 heterocycles. The molecule has 2 aromatic heterocycles. The lowest BCUT2D eigenvalue weighted by Crippen LogP contribution is -2.37. The Morgan fingerprint density at radius 1 is 1.08 bits per heavy atom. The van der Waals surface area contributed by atoms with Crippen LogP contribution in [0.2, 0.25) is 0 Å². The van der Waals surface area contributed by atoms with E-state index in [2.05, 4.69) is 24.8 Å². The van der Waals surface area contributed by atoms with Crippen molar-refractivity contribution >= 4 is 28.8 Å². The van der Waals surface area contributed by atoms with E-state index in [1.54, 1.807) is 6.92 Å². The van der Waals surface area contributed by atoms with E-state index in [0.29, 0.717) is 30.6 Å². The van der Waals surface area contributed by atoms with Crippen LogP contribution in [-0.2, 0) is 9.47 Å². The third-order valence-electron chi connectivity index (χ3n) is 7.40. The van der Waals surface area contributed by atoms with Crippen LogP contribution in [0.1, 0.15) is 69.2 Å². The number of aromatic nitrogens is 3. The molecule has 5 rings (SSSR count). The minimum atomic E-state index is -0.516. The zero-order chi connectivity index (χ0) is 28.1. The van der Waals surface area contributed by atoms with Crippen LogP contribution in [0, 0.1) is 18.8 Å². The molecule has 208 valence electrons. The normalized spacial score (nSPS) is 19.2. The summed E-state index contributed by atoms with van der Waals surface area (Å²) in [5, 5.41) is 5.99. The fourth-order valence-electron chi connectivity index (χ4n) is 5.69. The van der Waals surface area contributed by atoms with Crippen molar-refractivity contribution in [1.29, 1.82) is 0 Å². The molecule has 2 saturated heterocycles. The van der Waals surface area contributed by atoms with Gasteiger partial charge in [0.05, 0.1) is 29.1 Å². The standard InChI is InChI=1S/C30H39N5O4/c1-8-38-28(36)23-13-24(33-14-20-16-34(17-21(20)15-33)29(37)39-30(5,6)7)25-26(18(2)3)32-35(27(25)31-23)22-11-9-10-19(4)12-22/h9-13,18,20-21H,8,14-17H2,1-7H3. The lowest BCUT2D eigenvalue weighted by atomic mass is 10.0. The van der Waals surface area contributed by atoms with Crippen molar-refractivity contribution < 1.29 is 19.1 Å². The van der Waals surface area contributed by atoms with Gasteiger partial charge in [0.15, 0.2) is 11.3 Å². The van der Waals surface area contributed by atoms with Gasteiger partial charge in [-0.2, -0.15) is 5.10 Å². The summed E-state index contributed by atoms with van der Waals surface area (Å²) < 4.78 is 12.8. The smallest absolute Gasteiger partial charge is 0.410 e. The fraction of sp³-hybridized carbons (Fsp3) is 0.533. The van der Waals surface area contributed by atoms with E-state index in [4.69, 9.17) is 19.6 Å². The second-order valence-corrected chi connectivity index (χ2v) is 12.0. The maximum absolute atomic E-state index is 12.9. The first-order valence-electron chi connectivity index (χ1n) is 13.9. The van der Waals surface area contributed by atoms with Crippen molar-refractivity contribution in [2.45, 2.75) is 60.0 Å². The van der Waals surface area contributed by atoms with E-state index in [1.165, 1.54) is 0 Å². The van der Waals surface area contributed by atoms with Crippen molar-refractivity contribution in [3.63, 3.8) is 0 Å². The van der Waals surface area contributed by atoms with Gasteiger partial charge in [-0.15, -0.1) is 0 Å². The number of nitrogens with zero attached hydrogens (tertiary/aromatic N) is 5. The van der Waals surface area contributed by atoms with Crippen molar-refractivity contribution in [3.8, 4) is 5.69 Å². The van der Waals surface area contributed by atoms with Gasteiger partial charge in [-0.05, 0) is 64.3 Å². The number of esters is 1. The average molecular weight is 534 g/mol. The molecule has 0 N–H and O–H groups in total. The van der Waals surface area contributed by atoms with Gasteiger partial charge in [0.25, 0.3) is 0 Å². The molecule has 2 atom stereocenters. The van der Waals surface area contributed by atoms with Crippen LogP contribution in [0.4, 0.5) is 10.5 Å². The Labute approximate surface area is 230 Å². The molecule has 0 saturated carbocycles. The highest BCUT2D eigenvalue weighted by molar-refractivity contribution is 5.99. The van der Waals surface area contributed by atoms with E-state index >= 15 is 0 Å². The predicted octanol–water partition coefficient (Wildman–Crippen LogP) is 5.33. The lowest BCUT2D eigenvalue weighted by Gasteiger charge is -2.27. The SMILES string of the molecule is CCOC(=O)c1cc(N2CC3CN(C(=O)OC(C)(C)C)CC3C2)c2c(C(C)C)nn(-c3cccc(C)c3)c2n1. The number of benzene rings is 1. The molecule has 0 bridgehead atoms. The summed E-state index contributed by atoms with van der Waals surface area (Å²) in [6.45, 7) is 16.9. The fourth-order valence-corrected chi connectivity index (χ4v) is 5.69. The summed E-state index contributed by atoms with van der Waals surface area (Å²) in [4.78, 5) is 34.6. The summed E-state index contributed by atoms with van der Waals surface area (Å²) in [6, 6.07) is 9.99. The molecular formula is C30H39N5O4. The van der Waals surface area contributed by atoms with Gasteiger partial charge in [-0.3, -0.25) is 0 Å². The molecule has 9 nitrogen and oxygen atoms in total. The van der Waals surface area contributed by atoms with Crippen molar-refractivity contribution in [2.75, 3.05) is 37.7 Å². The van der Waals surface area contributed by atoms with E-state index in [0.717, 1.165) is 41.1 Å². The third-order valence-corrected chi connectivity index (χ3v) is 7.40. The van der Waals surface area contributed by atoms with Gasteiger partial charge in [-0.25, -0.2) is 19.3 Å². The quantitative estimate of drug-likeness (QED) is 0.409. The largest absolute Gasteiger partial charge is 0.461 e. The molecule has 1 amide bonds. The Kier molecular flexibility index (Phi) is 7.03. The van der Waals surface area contributed by atoms with E-state index in [1.807, 2.05) is 61.5 Å². The Balaban J connectivity index is 1.55. The molecule has 0 aliphatic carbocycles. The number of pyridine rings is 1. The van der Waals surface area contributed by atoms with Crippen molar-refractivity contribution in [3.05, 3.63) is 47.3 Å². The monoisotopic (exact) mass is 533 g/mol. The van der Waals surface area contributed by atoms with Gasteiger partial charge >= 0.3 is 12.1 Å². The lowest BCUT2D eigenvalue weighted by molar-refractivity contribution is 0.0282. The second kappa shape index (κ2) is 10.2. The third kappa shape index (κ3) is 5.31. The van der Waals surface area contributed by atoms with Gasteiger partial charge in [-0.1, -0.05) is 26.0 Å². The predicted molar refractivity (Wildman–Crippen MR) is 151 cm³/mol. The molecule has 39 heavy (non-hydrogen) atoms. The van der Waals surface area contributed by atoms with Crippen LogP contribution in [0.15, 0.2) is 30.3 Å². The van der Waals surface area contributed by atoms with Crippen LogP contribution in [0.3, 0.4) is 0 Å². The van der Waals surface area contributed by atoms with Gasteiger partial charge < -0.3 is 19.3 Å². The number of rotatable bonds is 5. The Morgan fingerprint density at radius 3 is 2.36 bits per heavy atom. The van der Waals surface area contributed by atoms with Crippen LogP contribution < -0.4 is 4.90 Å². The molecule has 0 radical (unpaired) electrons. The highest BCUT2D eigenvalue weighted by atomic mass is 16.6. The molecule has 3 aromatic rings. The average Bonchev–Trinajstić information content (AvgIpc) is 3.54. The molecule has 0 spiro atoms. The van der Waals surface area contributed by atoms with Crippen LogP contribution in [-0.4, -0.2) is 70.1 Å². The molecule has 2 unspecified atom stereocenters. The Morgan fingerprint density at radius 2 is 1.77 bits per heavy atom. The maximum atomic E-state index is 12.9. The first-order chi connectivity index (χ1) is 18.4. The second-order valence-electron chi connectivity index (χ2n) is 12.0. The number of carbonyl (C=O) groups is 2. The van der Waals surface area contributed by atoms with E-state index < -0.39 is 11.6 Å². The number of hydrogen-bond donors (Lipinski definition) is 0. The van der Waals surface area contributed by atoms with Gasteiger partial charge in [0.1, 0.15) is 5.60 Å². The Hall–Kier alpha value is -3.62. The summed E-state index contributed by atoms with van der Waals surface area (Å²) in [5.41, 5.74) is 4.31. The van der Waals surface area contributed by atoms with E-state index in [-0.39, 0.29) is 24.3 Å². The summed E-state index contributed by atoms with van der Waals surface area (Å²) >= 11 is 0. The zero-order valence-electron chi connectivity index (χ0n) is 24.0. The topological polar surface area (TPSA) is 89.8 Å². The summed E-state index contributed by atoms with van der Waals surface area (Å²) in [7, 11) is 0. The molecular weight excluding hydrogens is 494 g/mol. The van der Waals surface area contributed by atoms with E-state index in [9.17, 15) is 9.59 Å². The van der Waals surface area contributed by atoms with Crippen molar-refractivity contribution in [2.24, 2.45) is 11.8 Å². The van der Waals surface area contributed by atoms with Gasteiger partial charge in [0.2, 0.25) is 0 Å². The van der Waals surface area contributed by atoms with Crippen molar-refractivity contribution in [1.82, 2.24) is 19.7 Å². The number of anilines is 1. The molecule has 1 aromatic carbocycles. The summed E-state index contributed by atoms with van der Waals surface area (Å²) in [5.74, 6) is 0.346. The minimum absolute atomic E-state index is 0.150. The van der Waals surface area contributed by atoms with Gasteiger partial charge in [0, 0.05) is 38.0 Å².